The summed E-state index contributed by atoms with van der Waals surface area (Å²) in [6, 6.07) is 10.0. The van der Waals surface area contributed by atoms with E-state index in [9.17, 15) is 18.0 Å². The monoisotopic (exact) mass is 369 g/mol. The van der Waals surface area contributed by atoms with E-state index in [-0.39, 0.29) is 26.1 Å². The standard InChI is InChI=1S/C15H9Cl2NO4S/c16-11-6-5-9(7-12(11)17)13(19)8-18-15(20)10-3-1-2-4-14(10)23(18,21)22/h1-7H,8H2. The Hall–Kier alpha value is -1.89. The van der Waals surface area contributed by atoms with Crippen LogP contribution >= 0.6 is 23.2 Å². The Bertz CT molecular complexity index is 940. The molecular weight excluding hydrogens is 361 g/mol. The molecule has 23 heavy (non-hydrogen) atoms. The van der Waals surface area contributed by atoms with Gasteiger partial charge in [0.05, 0.1) is 15.6 Å². The van der Waals surface area contributed by atoms with Gasteiger partial charge in [-0.25, -0.2) is 12.7 Å². The highest BCUT2D eigenvalue weighted by Gasteiger charge is 2.41. The second kappa shape index (κ2) is 5.63. The number of hydrogen-bond acceptors (Lipinski definition) is 4. The topological polar surface area (TPSA) is 71.5 Å². The normalized spacial score (nSPS) is 15.6. The smallest absolute Gasteiger partial charge is 0.269 e. The number of sulfonamides is 1. The number of fused-ring (bicyclic) bond motifs is 1. The molecule has 0 aliphatic carbocycles. The highest BCUT2D eigenvalue weighted by Crippen LogP contribution is 2.30. The van der Waals surface area contributed by atoms with E-state index >= 15 is 0 Å². The van der Waals surface area contributed by atoms with Gasteiger partial charge in [0.25, 0.3) is 15.9 Å². The number of halogens is 2. The minimum Gasteiger partial charge on any atom is -0.292 e. The first kappa shape index (κ1) is 16.0. The predicted molar refractivity (Wildman–Crippen MR) is 85.5 cm³/mol. The number of carbonyl (C=O) groups excluding carboxylic acids is 2. The zero-order chi connectivity index (χ0) is 16.8. The minimum absolute atomic E-state index is 0.0643. The second-order valence-corrected chi connectivity index (χ2v) is 7.51. The second-order valence-electron chi connectivity index (χ2n) is 4.87. The highest BCUT2D eigenvalue weighted by atomic mass is 35.5. The summed E-state index contributed by atoms with van der Waals surface area (Å²) in [7, 11) is -4.01. The van der Waals surface area contributed by atoms with Crippen LogP contribution in [-0.4, -0.2) is 31.0 Å². The van der Waals surface area contributed by atoms with Crippen LogP contribution in [-0.2, 0) is 10.0 Å². The van der Waals surface area contributed by atoms with Crippen LogP contribution < -0.4 is 0 Å². The van der Waals surface area contributed by atoms with E-state index in [2.05, 4.69) is 0 Å². The van der Waals surface area contributed by atoms with Crippen LogP contribution in [0.5, 0.6) is 0 Å². The number of rotatable bonds is 3. The minimum atomic E-state index is -4.01. The van der Waals surface area contributed by atoms with Gasteiger partial charge in [-0.2, -0.15) is 0 Å². The SMILES string of the molecule is O=C(CN1C(=O)c2ccccc2S1(=O)=O)c1ccc(Cl)c(Cl)c1. The molecule has 1 amide bonds. The van der Waals surface area contributed by atoms with Crippen molar-refractivity contribution in [3.8, 4) is 0 Å². The van der Waals surface area contributed by atoms with Crippen molar-refractivity contribution in [3.63, 3.8) is 0 Å². The Morgan fingerprint density at radius 2 is 1.74 bits per heavy atom. The molecule has 8 heteroatoms. The van der Waals surface area contributed by atoms with E-state index in [1.54, 1.807) is 6.07 Å². The molecule has 1 aliphatic heterocycles. The molecule has 0 unspecified atom stereocenters. The maximum atomic E-state index is 12.4. The summed E-state index contributed by atoms with van der Waals surface area (Å²) < 4.78 is 25.3. The van der Waals surface area contributed by atoms with Crippen LogP contribution in [0.15, 0.2) is 47.4 Å². The van der Waals surface area contributed by atoms with Crippen molar-refractivity contribution in [3.05, 3.63) is 63.6 Å². The average Bonchev–Trinajstić information content (AvgIpc) is 2.71. The lowest BCUT2D eigenvalue weighted by molar-refractivity contribution is 0.0820. The molecular formula is C15H9Cl2NO4S. The summed E-state index contributed by atoms with van der Waals surface area (Å²) in [5, 5.41) is 0.455. The number of carbonyl (C=O) groups is 2. The molecule has 0 N–H and O–H groups in total. The van der Waals surface area contributed by atoms with E-state index in [0.29, 0.717) is 4.31 Å². The van der Waals surface area contributed by atoms with Gasteiger partial charge >= 0.3 is 0 Å². The molecule has 0 bridgehead atoms. The Morgan fingerprint density at radius 1 is 1.04 bits per heavy atom. The van der Waals surface area contributed by atoms with Gasteiger partial charge in [0.2, 0.25) is 0 Å². The molecule has 118 valence electrons. The van der Waals surface area contributed by atoms with Gasteiger partial charge in [-0.15, -0.1) is 0 Å². The Labute approximate surface area is 142 Å². The lowest BCUT2D eigenvalue weighted by atomic mass is 10.1. The Morgan fingerprint density at radius 3 is 2.39 bits per heavy atom. The van der Waals surface area contributed by atoms with Crippen molar-refractivity contribution in [2.75, 3.05) is 6.54 Å². The van der Waals surface area contributed by atoms with Crippen LogP contribution in [0.2, 0.25) is 10.0 Å². The first-order chi connectivity index (χ1) is 10.8. The van der Waals surface area contributed by atoms with Gasteiger partial charge in [-0.05, 0) is 30.3 Å². The Kier molecular flexibility index (Phi) is 3.91. The fourth-order valence-corrected chi connectivity index (χ4v) is 4.10. The summed E-state index contributed by atoms with van der Waals surface area (Å²) in [6.07, 6.45) is 0. The summed E-state index contributed by atoms with van der Waals surface area (Å²) in [5.74, 6) is -1.26. The van der Waals surface area contributed by atoms with Crippen LogP contribution in [0.1, 0.15) is 20.7 Å². The number of Topliss-reactive ketones (excluding diaryl/α,β-unsaturated/α-hetero) is 1. The van der Waals surface area contributed by atoms with Crippen LogP contribution in [0.3, 0.4) is 0 Å². The molecule has 2 aromatic rings. The molecule has 0 radical (unpaired) electrons. The molecule has 0 saturated heterocycles. The Balaban J connectivity index is 1.93. The summed E-state index contributed by atoms with van der Waals surface area (Å²) in [5.41, 5.74) is 0.243. The fourth-order valence-electron chi connectivity index (χ4n) is 2.28. The van der Waals surface area contributed by atoms with Crippen LogP contribution in [0.25, 0.3) is 0 Å². The predicted octanol–water partition coefficient (Wildman–Crippen LogP) is 3.02. The molecule has 0 spiro atoms. The van der Waals surface area contributed by atoms with Crippen molar-refractivity contribution in [1.82, 2.24) is 4.31 Å². The number of hydrogen-bond donors (Lipinski definition) is 0. The molecule has 5 nitrogen and oxygen atoms in total. The zero-order valence-corrected chi connectivity index (χ0v) is 13.8. The van der Waals surface area contributed by atoms with Gasteiger partial charge in [0.15, 0.2) is 5.78 Å². The number of nitrogens with zero attached hydrogens (tertiary/aromatic N) is 1. The van der Waals surface area contributed by atoms with Gasteiger partial charge < -0.3 is 0 Å². The van der Waals surface area contributed by atoms with Gasteiger partial charge in [0, 0.05) is 5.56 Å². The number of ketones is 1. The van der Waals surface area contributed by atoms with E-state index in [4.69, 9.17) is 23.2 Å². The number of benzene rings is 2. The zero-order valence-electron chi connectivity index (χ0n) is 11.5. The van der Waals surface area contributed by atoms with E-state index < -0.39 is 28.3 Å². The quantitative estimate of drug-likeness (QED) is 0.779. The van der Waals surface area contributed by atoms with Gasteiger partial charge in [-0.1, -0.05) is 35.3 Å². The van der Waals surface area contributed by atoms with E-state index in [1.807, 2.05) is 0 Å². The average molecular weight is 370 g/mol. The van der Waals surface area contributed by atoms with Crippen molar-refractivity contribution < 1.29 is 18.0 Å². The van der Waals surface area contributed by atoms with Crippen molar-refractivity contribution >= 4 is 44.9 Å². The summed E-state index contributed by atoms with van der Waals surface area (Å²) in [4.78, 5) is 24.4. The van der Waals surface area contributed by atoms with Crippen LogP contribution in [0, 0.1) is 0 Å². The van der Waals surface area contributed by atoms with Crippen molar-refractivity contribution in [1.29, 1.82) is 0 Å². The molecule has 1 heterocycles. The fraction of sp³-hybridized carbons (Fsp3) is 0.0667. The van der Waals surface area contributed by atoms with Crippen LogP contribution in [0.4, 0.5) is 0 Å². The maximum Gasteiger partial charge on any atom is 0.269 e. The first-order valence-corrected chi connectivity index (χ1v) is 8.66. The molecule has 0 fully saturated rings. The molecule has 1 aliphatic rings. The van der Waals surface area contributed by atoms with E-state index in [1.165, 1.54) is 36.4 Å². The summed E-state index contributed by atoms with van der Waals surface area (Å²) in [6.45, 7) is -0.589. The van der Waals surface area contributed by atoms with Gasteiger partial charge in [-0.3, -0.25) is 9.59 Å². The molecule has 0 aromatic heterocycles. The third-order valence-electron chi connectivity index (χ3n) is 3.44. The third kappa shape index (κ3) is 2.63. The molecule has 0 saturated carbocycles. The maximum absolute atomic E-state index is 12.4. The lowest BCUT2D eigenvalue weighted by Gasteiger charge is -2.14. The first-order valence-electron chi connectivity index (χ1n) is 6.47. The highest BCUT2D eigenvalue weighted by molar-refractivity contribution is 7.90. The lowest BCUT2D eigenvalue weighted by Crippen LogP contribution is -2.35. The van der Waals surface area contributed by atoms with Gasteiger partial charge in [0.1, 0.15) is 11.4 Å². The molecule has 0 atom stereocenters. The number of amides is 1. The van der Waals surface area contributed by atoms with Crippen molar-refractivity contribution in [2.24, 2.45) is 0 Å². The summed E-state index contributed by atoms with van der Waals surface area (Å²) >= 11 is 11.6. The molecule has 3 rings (SSSR count). The van der Waals surface area contributed by atoms with E-state index in [0.717, 1.165) is 0 Å². The van der Waals surface area contributed by atoms with Crippen molar-refractivity contribution in [2.45, 2.75) is 4.90 Å². The third-order valence-corrected chi connectivity index (χ3v) is 5.97. The largest absolute Gasteiger partial charge is 0.292 e. The molecule has 2 aromatic carbocycles.